The molecule has 2 heterocycles. The van der Waals surface area contributed by atoms with E-state index in [2.05, 4.69) is 25.7 Å². The van der Waals surface area contributed by atoms with Gasteiger partial charge in [-0.3, -0.25) is 15.6 Å². The number of nitrogen functional groups attached to an aromatic ring is 1. The summed E-state index contributed by atoms with van der Waals surface area (Å²) < 4.78 is 0. The number of H-pyrrole nitrogens is 1. The van der Waals surface area contributed by atoms with Crippen LogP contribution in [0.25, 0.3) is 0 Å². The maximum atomic E-state index is 12.2. The average Bonchev–Trinajstić information content (AvgIpc) is 2.92. The molecule has 5 N–H and O–H groups in total. The SMILES string of the molecule is Cc1cc(NN)c(C(=O)NC(C)c2ncc[nH]2)cn1. The summed E-state index contributed by atoms with van der Waals surface area (Å²) in [6, 6.07) is 1.49. The van der Waals surface area contributed by atoms with Gasteiger partial charge in [0.25, 0.3) is 5.91 Å². The summed E-state index contributed by atoms with van der Waals surface area (Å²) in [5.74, 6) is 5.84. The number of amides is 1. The Kier molecular flexibility index (Phi) is 3.76. The van der Waals surface area contributed by atoms with Crippen LogP contribution in [-0.2, 0) is 0 Å². The lowest BCUT2D eigenvalue weighted by atomic mass is 10.2. The third-order valence-corrected chi connectivity index (χ3v) is 2.72. The summed E-state index contributed by atoms with van der Waals surface area (Å²) in [4.78, 5) is 23.3. The minimum absolute atomic E-state index is 0.227. The van der Waals surface area contributed by atoms with Crippen LogP contribution in [0, 0.1) is 6.92 Å². The quantitative estimate of drug-likeness (QED) is 0.482. The summed E-state index contributed by atoms with van der Waals surface area (Å²) in [5, 5.41) is 2.82. The van der Waals surface area contributed by atoms with Crippen LogP contribution in [0.2, 0.25) is 0 Å². The van der Waals surface area contributed by atoms with Gasteiger partial charge in [0.15, 0.2) is 0 Å². The Labute approximate surface area is 110 Å². The Morgan fingerprint density at radius 3 is 2.89 bits per heavy atom. The number of aromatic nitrogens is 3. The summed E-state index contributed by atoms with van der Waals surface area (Å²) >= 11 is 0. The molecule has 0 saturated carbocycles. The monoisotopic (exact) mass is 260 g/mol. The molecule has 2 rings (SSSR count). The van der Waals surface area contributed by atoms with E-state index in [-0.39, 0.29) is 11.9 Å². The molecule has 0 aromatic carbocycles. The molecule has 0 aliphatic carbocycles. The summed E-state index contributed by atoms with van der Waals surface area (Å²) in [6.07, 6.45) is 4.84. The average molecular weight is 260 g/mol. The third kappa shape index (κ3) is 2.89. The number of pyridine rings is 1. The number of hydrazine groups is 1. The number of nitrogens with zero attached hydrogens (tertiary/aromatic N) is 2. The standard InChI is InChI=1S/C12H16N6O/c1-7-5-10(18-13)9(6-16-7)12(19)17-8(2)11-14-3-4-15-11/h3-6,8H,13H2,1-2H3,(H,14,15)(H,16,18)(H,17,19). The van der Waals surface area contributed by atoms with Crippen LogP contribution in [0.1, 0.15) is 34.8 Å². The minimum Gasteiger partial charge on any atom is -0.347 e. The van der Waals surface area contributed by atoms with Gasteiger partial charge in [-0.05, 0) is 19.9 Å². The lowest BCUT2D eigenvalue weighted by Gasteiger charge is -2.13. The number of carbonyl (C=O) groups excluding carboxylic acids is 1. The molecule has 100 valence electrons. The molecule has 2 aromatic rings. The van der Waals surface area contributed by atoms with Crippen LogP contribution in [0.3, 0.4) is 0 Å². The molecule has 0 fully saturated rings. The molecule has 1 atom stereocenters. The number of aromatic amines is 1. The Balaban J connectivity index is 2.16. The highest BCUT2D eigenvalue weighted by Gasteiger charge is 2.16. The van der Waals surface area contributed by atoms with Crippen molar-refractivity contribution in [3.05, 3.63) is 41.7 Å². The summed E-state index contributed by atoms with van der Waals surface area (Å²) in [5.41, 5.74) is 4.22. The summed E-state index contributed by atoms with van der Waals surface area (Å²) in [6.45, 7) is 3.67. The minimum atomic E-state index is -0.260. The zero-order valence-electron chi connectivity index (χ0n) is 10.8. The lowest BCUT2D eigenvalue weighted by molar-refractivity contribution is 0.0939. The fourth-order valence-corrected chi connectivity index (χ4v) is 1.72. The van der Waals surface area contributed by atoms with Crippen molar-refractivity contribution in [1.82, 2.24) is 20.3 Å². The first kappa shape index (κ1) is 13.0. The van der Waals surface area contributed by atoms with Gasteiger partial charge in [-0.2, -0.15) is 0 Å². The number of hydrogen-bond acceptors (Lipinski definition) is 5. The van der Waals surface area contributed by atoms with Crippen LogP contribution in [-0.4, -0.2) is 20.9 Å². The predicted molar refractivity (Wildman–Crippen MR) is 71.3 cm³/mol. The van der Waals surface area contributed by atoms with E-state index in [1.54, 1.807) is 18.5 Å². The van der Waals surface area contributed by atoms with Gasteiger partial charge < -0.3 is 15.7 Å². The zero-order valence-corrected chi connectivity index (χ0v) is 10.8. The van der Waals surface area contributed by atoms with E-state index in [0.717, 1.165) is 5.69 Å². The highest BCUT2D eigenvalue weighted by Crippen LogP contribution is 2.16. The highest BCUT2D eigenvalue weighted by atomic mass is 16.1. The molecule has 0 bridgehead atoms. The van der Waals surface area contributed by atoms with Gasteiger partial charge in [-0.25, -0.2) is 4.98 Å². The molecular weight excluding hydrogens is 244 g/mol. The number of anilines is 1. The largest absolute Gasteiger partial charge is 0.347 e. The van der Waals surface area contributed by atoms with Crippen molar-refractivity contribution in [1.29, 1.82) is 0 Å². The number of nitrogens with one attached hydrogen (secondary N) is 3. The van der Waals surface area contributed by atoms with E-state index in [9.17, 15) is 4.79 Å². The molecule has 7 nitrogen and oxygen atoms in total. The van der Waals surface area contributed by atoms with Crippen molar-refractivity contribution in [2.75, 3.05) is 5.43 Å². The Hall–Kier alpha value is -2.41. The number of imidazole rings is 1. The van der Waals surface area contributed by atoms with Crippen LogP contribution >= 0.6 is 0 Å². The van der Waals surface area contributed by atoms with Gasteiger partial charge in [0.1, 0.15) is 5.82 Å². The van der Waals surface area contributed by atoms with Crippen molar-refractivity contribution in [2.24, 2.45) is 5.84 Å². The number of nitrogens with two attached hydrogens (primary N) is 1. The van der Waals surface area contributed by atoms with E-state index in [1.165, 1.54) is 6.20 Å². The van der Waals surface area contributed by atoms with Crippen LogP contribution in [0.4, 0.5) is 5.69 Å². The van der Waals surface area contributed by atoms with E-state index < -0.39 is 0 Å². The Morgan fingerprint density at radius 2 is 2.26 bits per heavy atom. The van der Waals surface area contributed by atoms with Gasteiger partial charge in [-0.15, -0.1) is 0 Å². The summed E-state index contributed by atoms with van der Waals surface area (Å²) in [7, 11) is 0. The molecule has 0 aliphatic heterocycles. The molecule has 2 aromatic heterocycles. The lowest BCUT2D eigenvalue weighted by Crippen LogP contribution is -2.28. The first-order chi connectivity index (χ1) is 9.11. The molecule has 19 heavy (non-hydrogen) atoms. The van der Waals surface area contributed by atoms with Gasteiger partial charge in [0.2, 0.25) is 0 Å². The van der Waals surface area contributed by atoms with E-state index in [1.807, 2.05) is 13.8 Å². The fourth-order valence-electron chi connectivity index (χ4n) is 1.72. The Bertz CT molecular complexity index is 566. The zero-order chi connectivity index (χ0) is 13.8. The maximum absolute atomic E-state index is 12.2. The van der Waals surface area contributed by atoms with E-state index in [4.69, 9.17) is 5.84 Å². The van der Waals surface area contributed by atoms with Crippen molar-refractivity contribution >= 4 is 11.6 Å². The van der Waals surface area contributed by atoms with Crippen LogP contribution < -0.4 is 16.6 Å². The molecule has 1 unspecified atom stereocenters. The predicted octanol–water partition coefficient (Wildman–Crippen LogP) is 0.890. The molecule has 0 saturated heterocycles. The van der Waals surface area contributed by atoms with E-state index >= 15 is 0 Å². The third-order valence-electron chi connectivity index (χ3n) is 2.72. The smallest absolute Gasteiger partial charge is 0.255 e. The van der Waals surface area contributed by atoms with Crippen LogP contribution in [0.5, 0.6) is 0 Å². The fraction of sp³-hybridized carbons (Fsp3) is 0.250. The van der Waals surface area contributed by atoms with Crippen molar-refractivity contribution in [3.8, 4) is 0 Å². The van der Waals surface area contributed by atoms with Crippen molar-refractivity contribution in [3.63, 3.8) is 0 Å². The number of aryl methyl sites for hydroxylation is 1. The maximum Gasteiger partial charge on any atom is 0.255 e. The second-order valence-corrected chi connectivity index (χ2v) is 4.19. The van der Waals surface area contributed by atoms with E-state index in [0.29, 0.717) is 17.1 Å². The van der Waals surface area contributed by atoms with Gasteiger partial charge in [-0.1, -0.05) is 0 Å². The molecule has 7 heteroatoms. The van der Waals surface area contributed by atoms with Gasteiger partial charge >= 0.3 is 0 Å². The topological polar surface area (TPSA) is 109 Å². The second-order valence-electron chi connectivity index (χ2n) is 4.19. The van der Waals surface area contributed by atoms with Gasteiger partial charge in [0.05, 0.1) is 17.3 Å². The number of hydrogen-bond donors (Lipinski definition) is 4. The molecule has 0 aliphatic rings. The first-order valence-corrected chi connectivity index (χ1v) is 5.85. The number of rotatable bonds is 4. The normalized spacial score (nSPS) is 11.9. The Morgan fingerprint density at radius 1 is 1.47 bits per heavy atom. The molecule has 0 spiro atoms. The highest BCUT2D eigenvalue weighted by molar-refractivity contribution is 5.99. The van der Waals surface area contributed by atoms with Crippen molar-refractivity contribution in [2.45, 2.75) is 19.9 Å². The second kappa shape index (κ2) is 5.49. The van der Waals surface area contributed by atoms with Crippen LogP contribution in [0.15, 0.2) is 24.7 Å². The first-order valence-electron chi connectivity index (χ1n) is 5.85. The van der Waals surface area contributed by atoms with Gasteiger partial charge in [0, 0.05) is 24.3 Å². The molecular formula is C12H16N6O. The van der Waals surface area contributed by atoms with Crippen molar-refractivity contribution < 1.29 is 4.79 Å². The number of carbonyl (C=O) groups is 1. The molecule has 0 radical (unpaired) electrons. The molecule has 1 amide bonds.